The van der Waals surface area contributed by atoms with Gasteiger partial charge < -0.3 is 11.1 Å². The van der Waals surface area contributed by atoms with E-state index in [-0.39, 0.29) is 0 Å². The minimum atomic E-state index is 0.521. The monoisotopic (exact) mass is 202 g/mol. The Kier molecular flexibility index (Phi) is 2.19. The van der Waals surface area contributed by atoms with Crippen LogP contribution < -0.4 is 11.1 Å². The van der Waals surface area contributed by atoms with Crippen molar-refractivity contribution in [2.24, 2.45) is 0 Å². The quantitative estimate of drug-likeness (QED) is 0.741. The number of nitrogens with one attached hydrogen (secondary N) is 1. The summed E-state index contributed by atoms with van der Waals surface area (Å²) in [6, 6.07) is 4.06. The molecule has 0 saturated carbocycles. The van der Waals surface area contributed by atoms with Crippen LogP contribution in [0.5, 0.6) is 0 Å². The van der Waals surface area contributed by atoms with Gasteiger partial charge in [0.25, 0.3) is 0 Å². The van der Waals surface area contributed by atoms with Gasteiger partial charge in [-0.05, 0) is 37.1 Å². The van der Waals surface area contributed by atoms with Gasteiger partial charge in [-0.2, -0.15) is 4.98 Å². The molecule has 0 aliphatic carbocycles. The Balaban J connectivity index is 2.80. The molecule has 0 unspecified atom stereocenters. The van der Waals surface area contributed by atoms with Gasteiger partial charge in [0.05, 0.1) is 5.52 Å². The van der Waals surface area contributed by atoms with Crippen LogP contribution in [0.25, 0.3) is 10.9 Å². The van der Waals surface area contributed by atoms with E-state index in [1.807, 2.05) is 12.1 Å². The number of nitrogens with two attached hydrogens (primary N) is 1. The molecule has 1 aromatic carbocycles. The molecule has 0 atom stereocenters. The molecule has 0 fully saturated rings. The maximum atomic E-state index is 5.86. The van der Waals surface area contributed by atoms with Gasteiger partial charge in [-0.1, -0.05) is 0 Å². The molecule has 3 N–H and O–H groups in total. The van der Waals surface area contributed by atoms with E-state index >= 15 is 0 Å². The van der Waals surface area contributed by atoms with Crippen molar-refractivity contribution in [2.45, 2.75) is 13.8 Å². The number of fused-ring (bicyclic) bond motifs is 1. The highest BCUT2D eigenvalue weighted by Crippen LogP contribution is 2.22. The molecule has 0 spiro atoms. The van der Waals surface area contributed by atoms with Gasteiger partial charge >= 0.3 is 0 Å². The smallest absolute Gasteiger partial charge is 0.224 e. The average molecular weight is 202 g/mol. The van der Waals surface area contributed by atoms with E-state index < -0.39 is 0 Å². The summed E-state index contributed by atoms with van der Waals surface area (Å²) >= 11 is 0. The molecule has 0 bridgehead atoms. The van der Waals surface area contributed by atoms with Crippen molar-refractivity contribution in [1.29, 1.82) is 0 Å². The van der Waals surface area contributed by atoms with E-state index in [9.17, 15) is 0 Å². The summed E-state index contributed by atoms with van der Waals surface area (Å²) in [5, 5.41) is 3.81. The Morgan fingerprint density at radius 3 is 2.47 bits per heavy atom. The van der Waals surface area contributed by atoms with E-state index in [1.165, 1.54) is 11.1 Å². The number of aromatic nitrogens is 2. The molecular weight excluding hydrogens is 188 g/mol. The predicted octanol–water partition coefficient (Wildman–Crippen LogP) is 1.87. The fourth-order valence-corrected chi connectivity index (χ4v) is 1.52. The van der Waals surface area contributed by atoms with Crippen molar-refractivity contribution >= 4 is 22.7 Å². The lowest BCUT2D eigenvalue weighted by Gasteiger charge is -2.07. The Labute approximate surface area is 88.5 Å². The van der Waals surface area contributed by atoms with Gasteiger partial charge in [-0.3, -0.25) is 0 Å². The van der Waals surface area contributed by atoms with Gasteiger partial charge in [-0.15, -0.1) is 0 Å². The molecule has 2 aromatic rings. The van der Waals surface area contributed by atoms with E-state index in [1.54, 1.807) is 7.05 Å². The third-order valence-corrected chi connectivity index (χ3v) is 2.56. The molecule has 0 saturated heterocycles. The van der Waals surface area contributed by atoms with Crippen LogP contribution in [0, 0.1) is 13.8 Å². The van der Waals surface area contributed by atoms with Crippen LogP contribution in [0.4, 0.5) is 11.8 Å². The first kappa shape index (κ1) is 9.71. The van der Waals surface area contributed by atoms with Crippen LogP contribution in [-0.2, 0) is 0 Å². The summed E-state index contributed by atoms with van der Waals surface area (Å²) in [4.78, 5) is 8.50. The average Bonchev–Trinajstić information content (AvgIpc) is 2.21. The molecule has 4 heteroatoms. The van der Waals surface area contributed by atoms with E-state index in [2.05, 4.69) is 29.1 Å². The first-order chi connectivity index (χ1) is 7.11. The van der Waals surface area contributed by atoms with Gasteiger partial charge in [0, 0.05) is 12.4 Å². The Morgan fingerprint density at radius 2 is 1.80 bits per heavy atom. The van der Waals surface area contributed by atoms with Gasteiger partial charge in [-0.25, -0.2) is 4.98 Å². The van der Waals surface area contributed by atoms with Gasteiger partial charge in [0.2, 0.25) is 5.95 Å². The standard InChI is InChI=1S/C11H14N4/c1-6-4-8-9(5-7(6)2)14-11(13-3)15-10(8)12/h4-5H,1-3H3,(H3,12,13,14,15). The lowest BCUT2D eigenvalue weighted by atomic mass is 10.1. The number of hydrogen-bond donors (Lipinski definition) is 2. The van der Waals surface area contributed by atoms with Crippen LogP contribution in [0.2, 0.25) is 0 Å². The number of aryl methyl sites for hydroxylation is 2. The van der Waals surface area contributed by atoms with Crippen molar-refractivity contribution in [1.82, 2.24) is 9.97 Å². The SMILES string of the molecule is CNc1nc(N)c2cc(C)c(C)cc2n1. The van der Waals surface area contributed by atoms with Crippen LogP contribution in [0.15, 0.2) is 12.1 Å². The number of rotatable bonds is 1. The third kappa shape index (κ3) is 1.58. The van der Waals surface area contributed by atoms with E-state index in [0.717, 1.165) is 10.9 Å². The summed E-state index contributed by atoms with van der Waals surface area (Å²) in [6.45, 7) is 4.12. The zero-order valence-corrected chi connectivity index (χ0v) is 9.13. The first-order valence-electron chi connectivity index (χ1n) is 4.84. The second-order valence-electron chi connectivity index (χ2n) is 3.64. The number of hydrogen-bond acceptors (Lipinski definition) is 4. The summed E-state index contributed by atoms with van der Waals surface area (Å²) in [5.74, 6) is 1.08. The maximum Gasteiger partial charge on any atom is 0.224 e. The molecule has 1 aromatic heterocycles. The molecule has 0 amide bonds. The number of benzene rings is 1. The van der Waals surface area contributed by atoms with Crippen molar-refractivity contribution in [3.05, 3.63) is 23.3 Å². The summed E-state index contributed by atoms with van der Waals surface area (Å²) in [5.41, 5.74) is 9.16. The summed E-state index contributed by atoms with van der Waals surface area (Å²) < 4.78 is 0. The topological polar surface area (TPSA) is 63.8 Å². The molecular formula is C11H14N4. The number of anilines is 2. The van der Waals surface area contributed by atoms with Crippen molar-refractivity contribution in [2.75, 3.05) is 18.1 Å². The molecule has 1 heterocycles. The second kappa shape index (κ2) is 3.38. The molecule has 0 aliphatic rings. The molecule has 0 aliphatic heterocycles. The Hall–Kier alpha value is -1.84. The zero-order valence-electron chi connectivity index (χ0n) is 9.13. The van der Waals surface area contributed by atoms with Gasteiger partial charge in [0.1, 0.15) is 5.82 Å². The molecule has 4 nitrogen and oxygen atoms in total. The molecule has 2 rings (SSSR count). The summed E-state index contributed by atoms with van der Waals surface area (Å²) in [7, 11) is 1.78. The fraction of sp³-hybridized carbons (Fsp3) is 0.273. The predicted molar refractivity (Wildman–Crippen MR) is 63.0 cm³/mol. The zero-order chi connectivity index (χ0) is 11.0. The van der Waals surface area contributed by atoms with Crippen molar-refractivity contribution < 1.29 is 0 Å². The van der Waals surface area contributed by atoms with Crippen molar-refractivity contribution in [3.63, 3.8) is 0 Å². The second-order valence-corrected chi connectivity index (χ2v) is 3.64. The first-order valence-corrected chi connectivity index (χ1v) is 4.84. The van der Waals surface area contributed by atoms with Crippen molar-refractivity contribution in [3.8, 4) is 0 Å². The van der Waals surface area contributed by atoms with Gasteiger partial charge in [0.15, 0.2) is 0 Å². The van der Waals surface area contributed by atoms with Crippen LogP contribution >= 0.6 is 0 Å². The third-order valence-electron chi connectivity index (χ3n) is 2.56. The highest BCUT2D eigenvalue weighted by molar-refractivity contribution is 5.90. The number of nitrogens with zero attached hydrogens (tertiary/aromatic N) is 2. The molecule has 15 heavy (non-hydrogen) atoms. The minimum Gasteiger partial charge on any atom is -0.383 e. The minimum absolute atomic E-state index is 0.521. The van der Waals surface area contributed by atoms with Crippen LogP contribution in [0.1, 0.15) is 11.1 Å². The molecule has 0 radical (unpaired) electrons. The lowest BCUT2D eigenvalue weighted by molar-refractivity contribution is 1.19. The highest BCUT2D eigenvalue weighted by Gasteiger charge is 2.05. The van der Waals surface area contributed by atoms with Crippen LogP contribution in [0.3, 0.4) is 0 Å². The maximum absolute atomic E-state index is 5.86. The van der Waals surface area contributed by atoms with Crippen LogP contribution in [-0.4, -0.2) is 17.0 Å². The summed E-state index contributed by atoms with van der Waals surface area (Å²) in [6.07, 6.45) is 0. The number of nitrogen functional groups attached to an aromatic ring is 1. The lowest BCUT2D eigenvalue weighted by Crippen LogP contribution is -2.01. The fourth-order valence-electron chi connectivity index (χ4n) is 1.52. The van der Waals surface area contributed by atoms with E-state index in [4.69, 9.17) is 5.73 Å². The highest BCUT2D eigenvalue weighted by atomic mass is 15.1. The largest absolute Gasteiger partial charge is 0.383 e. The Morgan fingerprint density at radius 1 is 1.13 bits per heavy atom. The van der Waals surface area contributed by atoms with E-state index in [0.29, 0.717) is 11.8 Å². The Bertz CT molecular complexity index is 519. The molecule has 78 valence electrons. The normalized spacial score (nSPS) is 10.6.